The molecule has 12 fully saturated rings. The summed E-state index contributed by atoms with van der Waals surface area (Å²) >= 11 is 0. The van der Waals surface area contributed by atoms with E-state index in [0.717, 1.165) is 71.4 Å². The van der Waals surface area contributed by atoms with Gasteiger partial charge in [0.15, 0.2) is 0 Å². The first-order valence-electron chi connectivity index (χ1n) is 36.7. The lowest BCUT2D eigenvalue weighted by atomic mass is 9.66. The van der Waals surface area contributed by atoms with Crippen LogP contribution in [0.3, 0.4) is 0 Å². The predicted octanol–water partition coefficient (Wildman–Crippen LogP) is 13.2. The molecule has 0 amide bonds. The van der Waals surface area contributed by atoms with Gasteiger partial charge in [-0.1, -0.05) is 133 Å². The molecule has 0 spiro atoms. The molecule has 7 aromatic carbocycles. The molecule has 12 aliphatic rings. The molecular formula is C85H115N7O5. The second kappa shape index (κ2) is 31.3. The Kier molecular flexibility index (Phi) is 22.7. The molecule has 4 N–H and O–H groups in total. The summed E-state index contributed by atoms with van der Waals surface area (Å²) in [7, 11) is 14.0. The molecule has 19 rings (SSSR count). The lowest BCUT2D eigenvalue weighted by molar-refractivity contribution is -0.102. The van der Waals surface area contributed by atoms with Gasteiger partial charge in [0, 0.05) is 130 Å². The summed E-state index contributed by atoms with van der Waals surface area (Å²) in [5.41, 5.74) is 10.1. The minimum atomic E-state index is -0.858. The fraction of sp³-hybridized carbons (Fsp3) is 0.506. The summed E-state index contributed by atoms with van der Waals surface area (Å²) in [6.07, 6.45) is 11.5. The first-order chi connectivity index (χ1) is 46.9. The van der Waals surface area contributed by atoms with Crippen molar-refractivity contribution in [1.82, 2.24) is 19.6 Å². The zero-order chi connectivity index (χ0) is 67.8. The van der Waals surface area contributed by atoms with Crippen LogP contribution in [0.1, 0.15) is 103 Å². The first-order valence-corrected chi connectivity index (χ1v) is 36.7. The maximum Gasteiger partial charge on any atom is 0.118 e. The van der Waals surface area contributed by atoms with Crippen LogP contribution in [0.15, 0.2) is 182 Å². The van der Waals surface area contributed by atoms with Gasteiger partial charge in [0.1, 0.15) is 5.75 Å². The second-order valence-corrected chi connectivity index (χ2v) is 30.8. The predicted molar refractivity (Wildman–Crippen MR) is 400 cm³/mol. The van der Waals surface area contributed by atoms with Gasteiger partial charge in [0.2, 0.25) is 0 Å². The van der Waals surface area contributed by atoms with Crippen molar-refractivity contribution in [1.29, 1.82) is 0 Å². The van der Waals surface area contributed by atoms with Crippen molar-refractivity contribution >= 4 is 17.1 Å². The smallest absolute Gasteiger partial charge is 0.118 e. The molecular weight excluding hydrogens is 1200 g/mol. The van der Waals surface area contributed by atoms with E-state index in [4.69, 9.17) is 4.74 Å². The standard InChI is InChI=1S/C24H32N2O2.2C23H30N2O.C15H21NO.H2/c1-25(2)21-8-6-20(7-9-21)24(27,16-18-4-10-22(28-3)11-5-18)23-17-26-14-12-19(23)13-15-26;2*1-24(2)21-10-8-20(9-11-21)23(26,16-18-6-4-3-5-7-18)22-17-25-14-12-19(22)13-15-25;1-11-4-2-3-5-13(11)15(17)14-10-16-8-6-12(14)7-9-16;/h4-11,19,23,27H,12-17H2,1-3H3;2*3-11,19,22,26H,12-17H2,1-2H3;2-5,12,14-15,17H,6-10H2,1H3;1H. The lowest BCUT2D eigenvalue weighted by Crippen LogP contribution is -2.55. The Morgan fingerprint density at radius 1 is 0.392 bits per heavy atom. The third-order valence-electron chi connectivity index (χ3n) is 24.3. The average molecular weight is 1310 g/mol. The Bertz CT molecular complexity index is 3420. The lowest BCUT2D eigenvalue weighted by Gasteiger charge is -2.51. The van der Waals surface area contributed by atoms with E-state index < -0.39 is 16.8 Å². The van der Waals surface area contributed by atoms with Crippen LogP contribution in [0.25, 0.3) is 0 Å². The third-order valence-corrected chi connectivity index (χ3v) is 24.3. The van der Waals surface area contributed by atoms with E-state index in [9.17, 15) is 20.4 Å². The molecule has 0 radical (unpaired) electrons. The van der Waals surface area contributed by atoms with Crippen LogP contribution in [-0.4, -0.2) is 168 Å². The number of methoxy groups -OCH3 is 1. The van der Waals surface area contributed by atoms with Gasteiger partial charge in [-0.15, -0.1) is 0 Å². The Labute approximate surface area is 583 Å². The zero-order valence-corrected chi connectivity index (χ0v) is 59.6. The molecule has 0 aromatic heterocycles. The monoisotopic (exact) mass is 1310 g/mol. The third kappa shape index (κ3) is 16.2. The zero-order valence-electron chi connectivity index (χ0n) is 59.6. The number of ether oxygens (including phenoxy) is 1. The minimum absolute atomic E-state index is 0. The summed E-state index contributed by atoms with van der Waals surface area (Å²) in [6.45, 7) is 15.8. The topological polar surface area (TPSA) is 113 Å². The van der Waals surface area contributed by atoms with Crippen molar-refractivity contribution in [3.05, 3.63) is 226 Å². The molecule has 0 aliphatic carbocycles. The number of rotatable bonds is 18. The summed E-state index contributed by atoms with van der Waals surface area (Å²) in [5, 5.41) is 46.9. The van der Waals surface area contributed by atoms with Crippen LogP contribution in [0.2, 0.25) is 0 Å². The van der Waals surface area contributed by atoms with Crippen LogP contribution in [0.5, 0.6) is 5.75 Å². The Balaban J connectivity index is 0.000000133. The highest BCUT2D eigenvalue weighted by atomic mass is 16.5. The molecule has 8 atom stereocenters. The highest BCUT2D eigenvalue weighted by Crippen LogP contribution is 2.49. The fourth-order valence-corrected chi connectivity index (χ4v) is 18.4. The van der Waals surface area contributed by atoms with E-state index in [1.165, 1.54) is 132 Å². The van der Waals surface area contributed by atoms with Gasteiger partial charge in [0.25, 0.3) is 0 Å². The van der Waals surface area contributed by atoms with Crippen LogP contribution in [0.4, 0.5) is 17.1 Å². The number of hydrogen-bond donors (Lipinski definition) is 4. The number of hydrogen-bond acceptors (Lipinski definition) is 12. The Morgan fingerprint density at radius 3 is 0.969 bits per heavy atom. The number of piperidine rings is 12. The van der Waals surface area contributed by atoms with Crippen molar-refractivity contribution in [2.75, 3.05) is 143 Å². The molecule has 8 unspecified atom stereocenters. The number of nitrogens with zero attached hydrogens (tertiary/aromatic N) is 7. The number of aliphatic hydroxyl groups excluding tert-OH is 1. The van der Waals surface area contributed by atoms with Crippen LogP contribution in [-0.2, 0) is 36.1 Å². The van der Waals surface area contributed by atoms with Gasteiger partial charge in [-0.05, 0) is 227 Å². The Morgan fingerprint density at radius 2 is 0.691 bits per heavy atom. The maximum absolute atomic E-state index is 12.2. The minimum Gasteiger partial charge on any atom is -0.497 e. The van der Waals surface area contributed by atoms with Crippen LogP contribution < -0.4 is 19.4 Å². The van der Waals surface area contributed by atoms with Gasteiger partial charge in [-0.3, -0.25) is 0 Å². The number of fused-ring (bicyclic) bond motifs is 12. The van der Waals surface area contributed by atoms with Gasteiger partial charge in [0.05, 0.1) is 30.0 Å². The number of anilines is 3. The Hall–Kier alpha value is -6.58. The second-order valence-electron chi connectivity index (χ2n) is 30.8. The molecule has 12 aliphatic heterocycles. The molecule has 8 bridgehead atoms. The molecule has 12 saturated heterocycles. The SMILES string of the molecule is CN(C)c1ccc(C(O)(Cc2ccccc2)C2CN3CCC2CC3)cc1.CN(C)c1ccc(C(O)(Cc2ccccc2)C2CN3CCC2CC3)cc1.COc1ccc(CC(O)(c2ccc(N(C)C)cc2)C2CN3CCC2CC3)cc1.Cc1ccccc1C(O)C1CN2CCC1CC2.[HH]. The van der Waals surface area contributed by atoms with Crippen molar-refractivity contribution < 1.29 is 26.6 Å². The largest absolute Gasteiger partial charge is 0.497 e. The first kappa shape index (κ1) is 70.3. The summed E-state index contributed by atoms with van der Waals surface area (Å²) in [5.74, 6) is 4.75. The van der Waals surface area contributed by atoms with Gasteiger partial charge in [-0.2, -0.15) is 0 Å². The molecule has 12 heterocycles. The highest BCUT2D eigenvalue weighted by molar-refractivity contribution is 5.50. The van der Waals surface area contributed by atoms with E-state index >= 15 is 0 Å². The van der Waals surface area contributed by atoms with E-state index in [0.29, 0.717) is 54.8 Å². The van der Waals surface area contributed by atoms with Gasteiger partial charge < -0.3 is 59.5 Å². The number of aryl methyl sites for hydroxylation is 1. The van der Waals surface area contributed by atoms with Crippen LogP contribution in [0, 0.1) is 54.3 Å². The number of benzene rings is 7. The van der Waals surface area contributed by atoms with E-state index in [2.05, 4.69) is 215 Å². The fourth-order valence-electron chi connectivity index (χ4n) is 18.4. The van der Waals surface area contributed by atoms with E-state index in [1.807, 2.05) is 50.5 Å². The molecule has 0 saturated carbocycles. The molecule has 12 heteroatoms. The summed E-state index contributed by atoms with van der Waals surface area (Å²) < 4.78 is 5.30. The van der Waals surface area contributed by atoms with Gasteiger partial charge >= 0.3 is 0 Å². The normalized spacial score (nSPS) is 27.9. The van der Waals surface area contributed by atoms with E-state index in [-0.39, 0.29) is 13.4 Å². The van der Waals surface area contributed by atoms with Crippen molar-refractivity contribution in [2.45, 2.75) is 100 Å². The van der Waals surface area contributed by atoms with Crippen LogP contribution >= 0.6 is 0 Å². The van der Waals surface area contributed by atoms with Crippen molar-refractivity contribution in [3.8, 4) is 5.75 Å². The molecule has 7 aromatic rings. The maximum atomic E-state index is 12.2. The average Bonchev–Trinajstić information content (AvgIpc) is 0.712. The van der Waals surface area contributed by atoms with Gasteiger partial charge in [-0.25, -0.2) is 0 Å². The highest BCUT2D eigenvalue weighted by Gasteiger charge is 2.51. The molecule has 97 heavy (non-hydrogen) atoms. The summed E-state index contributed by atoms with van der Waals surface area (Å²) in [6, 6.07) is 62.9. The summed E-state index contributed by atoms with van der Waals surface area (Å²) in [4.78, 5) is 16.4. The van der Waals surface area contributed by atoms with Crippen molar-refractivity contribution in [2.24, 2.45) is 47.3 Å². The van der Waals surface area contributed by atoms with E-state index in [1.54, 1.807) is 7.11 Å². The molecule has 12 nitrogen and oxygen atoms in total. The number of aliphatic hydroxyl groups is 4. The quantitative estimate of drug-likeness (QED) is 0.0656. The van der Waals surface area contributed by atoms with Crippen molar-refractivity contribution in [3.63, 3.8) is 0 Å². The molecule has 520 valence electrons.